The lowest BCUT2D eigenvalue weighted by Crippen LogP contribution is -2.14. The molecule has 4 heteroatoms. The first-order chi connectivity index (χ1) is 13.1. The molecule has 2 rings (SSSR count). The van der Waals surface area contributed by atoms with Crippen molar-refractivity contribution in [3.05, 3.63) is 66.9 Å². The predicted molar refractivity (Wildman–Crippen MR) is 108 cm³/mol. The van der Waals surface area contributed by atoms with Gasteiger partial charge < -0.3 is 14.2 Å². The molecular formula is C23H28O4. The zero-order valence-electron chi connectivity index (χ0n) is 16.1. The van der Waals surface area contributed by atoms with Crippen LogP contribution >= 0.6 is 0 Å². The number of esters is 1. The van der Waals surface area contributed by atoms with E-state index in [1.165, 1.54) is 6.26 Å². The monoisotopic (exact) mass is 368 g/mol. The maximum Gasteiger partial charge on any atom is 0.338 e. The first-order valence-corrected chi connectivity index (χ1v) is 9.40. The number of rotatable bonds is 11. The molecule has 0 bridgehead atoms. The summed E-state index contributed by atoms with van der Waals surface area (Å²) in [5.74, 6) is 0.517. The average molecular weight is 368 g/mol. The number of carbonyl (C=O) groups is 1. The van der Waals surface area contributed by atoms with Crippen molar-refractivity contribution in [2.24, 2.45) is 0 Å². The molecule has 0 amide bonds. The van der Waals surface area contributed by atoms with Gasteiger partial charge in [-0.3, -0.25) is 0 Å². The summed E-state index contributed by atoms with van der Waals surface area (Å²) in [5.41, 5.74) is 2.66. The minimum atomic E-state index is -0.268. The summed E-state index contributed by atoms with van der Waals surface area (Å²) in [6.45, 7) is 8.50. The van der Waals surface area contributed by atoms with E-state index >= 15 is 0 Å². The number of carbonyl (C=O) groups excluding carboxylic acids is 1. The van der Waals surface area contributed by atoms with Gasteiger partial charge in [0, 0.05) is 0 Å². The summed E-state index contributed by atoms with van der Waals surface area (Å²) >= 11 is 0. The van der Waals surface area contributed by atoms with Gasteiger partial charge in [0.1, 0.15) is 19.0 Å². The molecule has 2 aromatic carbocycles. The molecule has 0 heterocycles. The molecule has 0 saturated heterocycles. The third-order valence-corrected chi connectivity index (χ3v) is 4.17. The normalized spacial score (nSPS) is 11.5. The summed E-state index contributed by atoms with van der Waals surface area (Å²) in [7, 11) is 0. The van der Waals surface area contributed by atoms with Gasteiger partial charge >= 0.3 is 5.97 Å². The van der Waals surface area contributed by atoms with Gasteiger partial charge in [-0.15, -0.1) is 0 Å². The Balaban J connectivity index is 1.92. The highest BCUT2D eigenvalue weighted by Crippen LogP contribution is 2.23. The molecule has 0 saturated carbocycles. The minimum Gasteiger partial charge on any atom is -0.498 e. The largest absolute Gasteiger partial charge is 0.498 e. The summed E-state index contributed by atoms with van der Waals surface area (Å²) < 4.78 is 16.1. The van der Waals surface area contributed by atoms with Gasteiger partial charge in [-0.25, -0.2) is 4.79 Å². The molecular weight excluding hydrogens is 340 g/mol. The predicted octanol–water partition coefficient (Wildman–Crippen LogP) is 5.63. The molecule has 27 heavy (non-hydrogen) atoms. The van der Waals surface area contributed by atoms with E-state index in [2.05, 4.69) is 13.5 Å². The molecule has 0 spiro atoms. The molecule has 0 radical (unpaired) electrons. The fourth-order valence-corrected chi connectivity index (χ4v) is 2.63. The van der Waals surface area contributed by atoms with Crippen molar-refractivity contribution < 1.29 is 19.0 Å². The lowest BCUT2D eigenvalue weighted by Gasteiger charge is -2.13. The van der Waals surface area contributed by atoms with Gasteiger partial charge in [-0.1, -0.05) is 50.6 Å². The third kappa shape index (κ3) is 6.81. The maximum atomic E-state index is 12.2. The van der Waals surface area contributed by atoms with Crippen LogP contribution in [-0.2, 0) is 9.47 Å². The summed E-state index contributed by atoms with van der Waals surface area (Å²) in [4.78, 5) is 12.2. The van der Waals surface area contributed by atoms with Crippen molar-refractivity contribution in [2.45, 2.75) is 39.2 Å². The second-order valence-corrected chi connectivity index (χ2v) is 6.35. The van der Waals surface area contributed by atoms with Gasteiger partial charge in [0.15, 0.2) is 0 Å². The summed E-state index contributed by atoms with van der Waals surface area (Å²) in [6, 6.07) is 15.3. The van der Waals surface area contributed by atoms with Crippen LogP contribution in [0.1, 0.15) is 43.5 Å². The van der Waals surface area contributed by atoms with E-state index in [0.29, 0.717) is 18.8 Å². The molecule has 144 valence electrons. The van der Waals surface area contributed by atoms with Crippen molar-refractivity contribution in [3.8, 4) is 16.9 Å². The van der Waals surface area contributed by atoms with E-state index in [9.17, 15) is 4.79 Å². The van der Waals surface area contributed by atoms with Gasteiger partial charge in [0.05, 0.1) is 17.9 Å². The van der Waals surface area contributed by atoms with Gasteiger partial charge in [-0.2, -0.15) is 0 Å². The van der Waals surface area contributed by atoms with E-state index in [-0.39, 0.29) is 12.1 Å². The fraction of sp³-hybridized carbons (Fsp3) is 0.348. The van der Waals surface area contributed by atoms with E-state index in [4.69, 9.17) is 14.2 Å². The SMILES string of the molecule is C=COCCOc1ccc(-c2ccc(C(=O)OC(C)CCCC)cc2)cc1. The highest BCUT2D eigenvalue weighted by molar-refractivity contribution is 5.90. The van der Waals surface area contributed by atoms with Gasteiger partial charge in [0.25, 0.3) is 0 Å². The zero-order chi connectivity index (χ0) is 19.5. The number of hydrogen-bond donors (Lipinski definition) is 0. The van der Waals surface area contributed by atoms with E-state index in [0.717, 1.165) is 36.1 Å². The van der Waals surface area contributed by atoms with Crippen LogP contribution in [0.15, 0.2) is 61.4 Å². The van der Waals surface area contributed by atoms with Gasteiger partial charge in [-0.05, 0) is 48.7 Å². The Labute approximate surface area is 161 Å². The molecule has 0 aliphatic carbocycles. The van der Waals surface area contributed by atoms with Crippen LogP contribution in [0.4, 0.5) is 0 Å². The Morgan fingerprint density at radius 2 is 1.67 bits per heavy atom. The Morgan fingerprint density at radius 1 is 1.04 bits per heavy atom. The molecule has 1 unspecified atom stereocenters. The Hall–Kier alpha value is -2.75. The topological polar surface area (TPSA) is 44.8 Å². The van der Waals surface area contributed by atoms with E-state index in [1.54, 1.807) is 12.1 Å². The zero-order valence-corrected chi connectivity index (χ0v) is 16.1. The molecule has 0 aliphatic rings. The summed E-state index contributed by atoms with van der Waals surface area (Å²) in [6.07, 6.45) is 4.41. The molecule has 4 nitrogen and oxygen atoms in total. The Morgan fingerprint density at radius 3 is 2.26 bits per heavy atom. The van der Waals surface area contributed by atoms with Crippen molar-refractivity contribution in [1.29, 1.82) is 0 Å². The fourth-order valence-electron chi connectivity index (χ4n) is 2.63. The third-order valence-electron chi connectivity index (χ3n) is 4.17. The molecule has 0 aromatic heterocycles. The van der Waals surface area contributed by atoms with Crippen LogP contribution in [-0.4, -0.2) is 25.3 Å². The first kappa shape index (κ1) is 20.6. The Kier molecular flexibility index (Phi) is 8.43. The van der Waals surface area contributed by atoms with Crippen LogP contribution in [0.3, 0.4) is 0 Å². The molecule has 0 aliphatic heterocycles. The van der Waals surface area contributed by atoms with Crippen molar-refractivity contribution in [3.63, 3.8) is 0 Å². The first-order valence-electron chi connectivity index (χ1n) is 9.40. The standard InChI is InChI=1S/C23H28O4/c1-4-6-7-18(3)27-23(24)21-10-8-19(9-11-21)20-12-14-22(15-13-20)26-17-16-25-5-2/h5,8-15,18H,2,4,6-7,16-17H2,1,3H3. The minimum absolute atomic E-state index is 0.0541. The lowest BCUT2D eigenvalue weighted by molar-refractivity contribution is 0.0320. The summed E-state index contributed by atoms with van der Waals surface area (Å²) in [5, 5.41) is 0. The molecule has 2 aromatic rings. The molecule has 0 N–H and O–H groups in total. The quantitative estimate of drug-likeness (QED) is 0.293. The van der Waals surface area contributed by atoms with Crippen molar-refractivity contribution in [1.82, 2.24) is 0 Å². The van der Waals surface area contributed by atoms with Crippen molar-refractivity contribution in [2.75, 3.05) is 13.2 Å². The number of ether oxygens (including phenoxy) is 3. The Bertz CT molecular complexity index is 704. The molecule has 0 fully saturated rings. The van der Waals surface area contributed by atoms with Crippen LogP contribution in [0, 0.1) is 0 Å². The second-order valence-electron chi connectivity index (χ2n) is 6.35. The van der Waals surface area contributed by atoms with E-state index in [1.807, 2.05) is 43.3 Å². The van der Waals surface area contributed by atoms with Crippen LogP contribution < -0.4 is 4.74 Å². The van der Waals surface area contributed by atoms with Crippen LogP contribution in [0.2, 0.25) is 0 Å². The number of benzene rings is 2. The lowest BCUT2D eigenvalue weighted by atomic mass is 10.0. The average Bonchev–Trinajstić information content (AvgIpc) is 2.70. The number of unbranched alkanes of at least 4 members (excludes halogenated alkanes) is 1. The second kappa shape index (κ2) is 11.1. The van der Waals surface area contributed by atoms with Crippen molar-refractivity contribution >= 4 is 5.97 Å². The number of hydrogen-bond acceptors (Lipinski definition) is 4. The highest BCUT2D eigenvalue weighted by Gasteiger charge is 2.12. The van der Waals surface area contributed by atoms with Crippen LogP contribution in [0.5, 0.6) is 5.75 Å². The van der Waals surface area contributed by atoms with E-state index < -0.39 is 0 Å². The smallest absolute Gasteiger partial charge is 0.338 e. The van der Waals surface area contributed by atoms with Crippen LogP contribution in [0.25, 0.3) is 11.1 Å². The highest BCUT2D eigenvalue weighted by atomic mass is 16.5. The molecule has 1 atom stereocenters. The van der Waals surface area contributed by atoms with Gasteiger partial charge in [0.2, 0.25) is 0 Å². The maximum absolute atomic E-state index is 12.2.